The van der Waals surface area contributed by atoms with E-state index < -0.39 is 5.97 Å². The first-order valence-corrected chi connectivity index (χ1v) is 9.24. The average Bonchev–Trinajstić information content (AvgIpc) is 3.02. The van der Waals surface area contributed by atoms with Crippen LogP contribution in [0.15, 0.2) is 34.7 Å². The number of benzene rings is 1. The number of ether oxygens (including phenoxy) is 1. The highest BCUT2D eigenvalue weighted by molar-refractivity contribution is 5.79. The number of nitrogens with zero attached hydrogens (tertiary/aromatic N) is 3. The summed E-state index contributed by atoms with van der Waals surface area (Å²) in [6.45, 7) is 3.59. The second-order valence-corrected chi connectivity index (χ2v) is 6.99. The molecule has 28 heavy (non-hydrogen) atoms. The van der Waals surface area contributed by atoms with E-state index in [0.29, 0.717) is 43.6 Å². The molecular weight excluding hydrogens is 362 g/mol. The van der Waals surface area contributed by atoms with Crippen LogP contribution in [0.2, 0.25) is 0 Å². The van der Waals surface area contributed by atoms with Crippen LogP contribution >= 0.6 is 0 Å². The molecular formula is C20H25N3O5. The smallest absolute Gasteiger partial charge is 0.317 e. The lowest BCUT2D eigenvalue weighted by molar-refractivity contribution is -0.142. The van der Waals surface area contributed by atoms with Crippen LogP contribution in [-0.2, 0) is 20.7 Å². The first-order valence-electron chi connectivity index (χ1n) is 9.24. The van der Waals surface area contributed by atoms with Crippen LogP contribution in [0, 0.1) is 6.92 Å². The molecule has 3 rings (SSSR count). The zero-order valence-corrected chi connectivity index (χ0v) is 16.1. The number of morpholine rings is 1. The molecule has 1 unspecified atom stereocenters. The van der Waals surface area contributed by atoms with E-state index >= 15 is 0 Å². The van der Waals surface area contributed by atoms with Gasteiger partial charge in [0.25, 0.3) is 0 Å². The first kappa shape index (κ1) is 20.0. The largest absolute Gasteiger partial charge is 0.480 e. The van der Waals surface area contributed by atoms with Crippen molar-refractivity contribution in [2.24, 2.45) is 0 Å². The lowest BCUT2D eigenvalue weighted by Gasteiger charge is -2.34. The second kappa shape index (κ2) is 8.99. The summed E-state index contributed by atoms with van der Waals surface area (Å²) in [7, 11) is 1.72. The summed E-state index contributed by atoms with van der Waals surface area (Å²) >= 11 is 0. The summed E-state index contributed by atoms with van der Waals surface area (Å²) in [5.41, 5.74) is 1.51. The molecule has 2 heterocycles. The number of aliphatic carboxylic acids is 1. The van der Waals surface area contributed by atoms with Crippen LogP contribution in [-0.4, -0.2) is 77.7 Å². The normalized spacial score (nSPS) is 17.1. The fourth-order valence-corrected chi connectivity index (χ4v) is 3.25. The Balaban J connectivity index is 1.60. The number of carboxylic acid groups (broad SMARTS) is 1. The highest BCUT2D eigenvalue weighted by atomic mass is 16.5. The van der Waals surface area contributed by atoms with Gasteiger partial charge in [0.1, 0.15) is 5.76 Å². The van der Waals surface area contributed by atoms with E-state index in [1.807, 2.05) is 37.3 Å². The molecule has 8 nitrogen and oxygen atoms in total. The Kier molecular flexibility index (Phi) is 6.43. The van der Waals surface area contributed by atoms with Crippen molar-refractivity contribution in [3.05, 3.63) is 41.8 Å². The quantitative estimate of drug-likeness (QED) is 0.768. The number of carboxylic acids is 1. The van der Waals surface area contributed by atoms with E-state index in [0.717, 1.165) is 5.56 Å². The highest BCUT2D eigenvalue weighted by Crippen LogP contribution is 2.22. The van der Waals surface area contributed by atoms with Crippen LogP contribution in [0.25, 0.3) is 11.5 Å². The average molecular weight is 387 g/mol. The van der Waals surface area contributed by atoms with Crippen molar-refractivity contribution >= 4 is 11.9 Å². The monoisotopic (exact) mass is 387 g/mol. The van der Waals surface area contributed by atoms with Gasteiger partial charge in [-0.15, -0.1) is 0 Å². The number of aromatic nitrogens is 1. The van der Waals surface area contributed by atoms with Gasteiger partial charge in [-0.2, -0.15) is 0 Å². The number of rotatable bonds is 7. The molecule has 1 aromatic heterocycles. The Labute approximate surface area is 163 Å². The summed E-state index contributed by atoms with van der Waals surface area (Å²) in [6, 6.07) is 9.57. The molecule has 0 bridgehead atoms. The third kappa shape index (κ3) is 5.17. The fraction of sp³-hybridized carbons (Fsp3) is 0.450. The maximum absolute atomic E-state index is 12.8. The lowest BCUT2D eigenvalue weighted by atomic mass is 10.2. The van der Waals surface area contributed by atoms with Crippen LogP contribution in [0.4, 0.5) is 0 Å². The number of amides is 1. The number of likely N-dealkylation sites (N-methyl/N-ethyl adjacent to an activating group) is 1. The minimum Gasteiger partial charge on any atom is -0.480 e. The number of oxazole rings is 1. The Bertz CT molecular complexity index is 821. The number of hydrogen-bond acceptors (Lipinski definition) is 6. The van der Waals surface area contributed by atoms with Crippen molar-refractivity contribution in [1.82, 2.24) is 14.8 Å². The van der Waals surface area contributed by atoms with Gasteiger partial charge in [-0.25, -0.2) is 4.98 Å². The second-order valence-electron chi connectivity index (χ2n) is 6.99. The third-order valence-corrected chi connectivity index (χ3v) is 4.64. The molecule has 150 valence electrons. The van der Waals surface area contributed by atoms with Crippen molar-refractivity contribution in [1.29, 1.82) is 0 Å². The Morgan fingerprint density at radius 2 is 2.07 bits per heavy atom. The van der Waals surface area contributed by atoms with E-state index in [1.165, 1.54) is 0 Å². The molecule has 1 aliphatic heterocycles. The van der Waals surface area contributed by atoms with Gasteiger partial charge in [0.2, 0.25) is 11.8 Å². The molecule has 1 amide bonds. The molecule has 8 heteroatoms. The van der Waals surface area contributed by atoms with Gasteiger partial charge in [-0.3, -0.25) is 14.5 Å². The van der Waals surface area contributed by atoms with E-state index in [-0.39, 0.29) is 25.0 Å². The summed E-state index contributed by atoms with van der Waals surface area (Å²) in [5.74, 6) is 0.224. The minimum atomic E-state index is -0.887. The van der Waals surface area contributed by atoms with Gasteiger partial charge in [0, 0.05) is 25.2 Å². The molecule has 1 N–H and O–H groups in total. The van der Waals surface area contributed by atoms with Crippen molar-refractivity contribution in [3.63, 3.8) is 0 Å². The number of carbonyl (C=O) groups is 2. The summed E-state index contributed by atoms with van der Waals surface area (Å²) in [6.07, 6.45) is -0.0415. The van der Waals surface area contributed by atoms with E-state index in [1.54, 1.807) is 16.8 Å². The first-order chi connectivity index (χ1) is 13.4. The Morgan fingerprint density at radius 1 is 1.32 bits per heavy atom. The molecule has 1 aromatic carbocycles. The van der Waals surface area contributed by atoms with Crippen molar-refractivity contribution < 1.29 is 23.8 Å². The van der Waals surface area contributed by atoms with Crippen molar-refractivity contribution in [2.45, 2.75) is 19.4 Å². The van der Waals surface area contributed by atoms with Gasteiger partial charge >= 0.3 is 5.97 Å². The van der Waals surface area contributed by atoms with Gasteiger partial charge in [0.15, 0.2) is 0 Å². The van der Waals surface area contributed by atoms with Crippen LogP contribution in [0.5, 0.6) is 0 Å². The van der Waals surface area contributed by atoms with Crippen LogP contribution in [0.1, 0.15) is 11.5 Å². The van der Waals surface area contributed by atoms with E-state index in [2.05, 4.69) is 4.98 Å². The fourth-order valence-electron chi connectivity index (χ4n) is 3.25. The van der Waals surface area contributed by atoms with Crippen molar-refractivity contribution in [3.8, 4) is 11.5 Å². The Hall–Kier alpha value is -2.71. The maximum atomic E-state index is 12.8. The van der Waals surface area contributed by atoms with Gasteiger partial charge in [-0.1, -0.05) is 18.2 Å². The molecule has 1 aliphatic rings. The van der Waals surface area contributed by atoms with E-state index in [4.69, 9.17) is 14.3 Å². The molecule has 0 aliphatic carbocycles. The summed E-state index contributed by atoms with van der Waals surface area (Å²) < 4.78 is 11.4. The summed E-state index contributed by atoms with van der Waals surface area (Å²) in [4.78, 5) is 31.5. The molecule has 0 saturated carbocycles. The molecule has 1 saturated heterocycles. The molecule has 2 aromatic rings. The molecule has 0 radical (unpaired) electrons. The third-order valence-electron chi connectivity index (χ3n) is 4.64. The molecule has 0 spiro atoms. The van der Waals surface area contributed by atoms with Crippen molar-refractivity contribution in [2.75, 3.05) is 39.8 Å². The number of hydrogen-bond donors (Lipinski definition) is 1. The lowest BCUT2D eigenvalue weighted by Crippen LogP contribution is -2.50. The molecule has 1 atom stereocenters. The standard InChI is InChI=1S/C20H25N3O5/c1-14-17(21-20(28-14)15-6-4-3-5-7-15)10-18(24)23-8-9-27-16(12-23)11-22(2)13-19(25)26/h3-7,16H,8-13H2,1-2H3,(H,25,26). The molecule has 1 fully saturated rings. The van der Waals surface area contributed by atoms with Crippen LogP contribution in [0.3, 0.4) is 0 Å². The van der Waals surface area contributed by atoms with Crippen LogP contribution < -0.4 is 0 Å². The zero-order chi connectivity index (χ0) is 20.1. The zero-order valence-electron chi connectivity index (χ0n) is 16.1. The van der Waals surface area contributed by atoms with Gasteiger partial charge in [0.05, 0.1) is 31.4 Å². The predicted octanol–water partition coefficient (Wildman–Crippen LogP) is 1.44. The topological polar surface area (TPSA) is 96.1 Å². The van der Waals surface area contributed by atoms with E-state index in [9.17, 15) is 9.59 Å². The summed E-state index contributed by atoms with van der Waals surface area (Å²) in [5, 5.41) is 8.87. The van der Waals surface area contributed by atoms with Gasteiger partial charge in [-0.05, 0) is 26.1 Å². The minimum absolute atomic E-state index is 0.0369. The predicted molar refractivity (Wildman–Crippen MR) is 102 cm³/mol. The Morgan fingerprint density at radius 3 is 2.79 bits per heavy atom. The number of carbonyl (C=O) groups excluding carboxylic acids is 1. The number of aryl methyl sites for hydroxylation is 1. The maximum Gasteiger partial charge on any atom is 0.317 e. The SMILES string of the molecule is Cc1oc(-c2ccccc2)nc1CC(=O)N1CCOC(CN(C)CC(=O)O)C1. The highest BCUT2D eigenvalue weighted by Gasteiger charge is 2.27. The van der Waals surface area contributed by atoms with Gasteiger partial charge < -0.3 is 19.2 Å².